The Morgan fingerprint density at radius 1 is 1.22 bits per heavy atom. The van der Waals surface area contributed by atoms with Crippen LogP contribution in [0.25, 0.3) is 0 Å². The van der Waals surface area contributed by atoms with Gasteiger partial charge in [0, 0.05) is 18.7 Å². The van der Waals surface area contributed by atoms with Gasteiger partial charge in [-0.05, 0) is 70.0 Å². The number of imidazole rings is 1. The number of hydrogen-bond acceptors (Lipinski definition) is 5. The molecule has 1 aromatic heterocycles. The normalized spacial score (nSPS) is 19.6. The lowest BCUT2D eigenvalue weighted by molar-refractivity contribution is -0.142. The van der Waals surface area contributed by atoms with Crippen LogP contribution in [0.3, 0.4) is 0 Å². The Bertz CT molecular complexity index is 948. The standard InChI is InChI=1S/C16H27N3O2.C7H8O3S/c1-12-4-6-15(7-5-12)19-10-14(18-11-19)9-13(16(20)21)3-2-8-17;1-6-2-4-7(5-3-6)11(8,9)10/h10-13,15H,2-9,17H2,1H3,(H,20,21);2-5H,1H3,(H,8,9,10). The minimum atomic E-state index is -4.02. The van der Waals surface area contributed by atoms with E-state index in [1.807, 2.05) is 19.4 Å². The lowest BCUT2D eigenvalue weighted by Crippen LogP contribution is -2.18. The van der Waals surface area contributed by atoms with E-state index < -0.39 is 16.1 Å². The van der Waals surface area contributed by atoms with E-state index in [4.69, 9.17) is 10.3 Å². The highest BCUT2D eigenvalue weighted by Gasteiger charge is 2.22. The van der Waals surface area contributed by atoms with Crippen molar-refractivity contribution in [1.82, 2.24) is 9.55 Å². The Labute approximate surface area is 190 Å². The second kappa shape index (κ2) is 12.1. The minimum Gasteiger partial charge on any atom is -0.481 e. The van der Waals surface area contributed by atoms with E-state index >= 15 is 0 Å². The van der Waals surface area contributed by atoms with E-state index in [1.54, 1.807) is 12.1 Å². The first kappa shape index (κ1) is 26.0. The molecule has 1 atom stereocenters. The summed E-state index contributed by atoms with van der Waals surface area (Å²) in [6.07, 6.45) is 10.7. The van der Waals surface area contributed by atoms with E-state index in [9.17, 15) is 18.3 Å². The summed E-state index contributed by atoms with van der Waals surface area (Å²) in [4.78, 5) is 15.6. The van der Waals surface area contributed by atoms with Crippen molar-refractivity contribution in [3.05, 3.63) is 48.0 Å². The fourth-order valence-corrected chi connectivity index (χ4v) is 4.35. The molecule has 1 fully saturated rings. The molecule has 2 aromatic rings. The van der Waals surface area contributed by atoms with Crippen molar-refractivity contribution in [2.45, 2.75) is 69.7 Å². The predicted molar refractivity (Wildman–Crippen MR) is 123 cm³/mol. The SMILES string of the molecule is CC1CCC(n2cnc(CC(CCCN)C(=O)O)c2)CC1.Cc1ccc(S(=O)(=O)O)cc1. The van der Waals surface area contributed by atoms with Crippen LogP contribution in [-0.2, 0) is 21.3 Å². The number of hydrogen-bond donors (Lipinski definition) is 3. The molecule has 1 unspecified atom stereocenters. The number of carbonyl (C=O) groups is 1. The van der Waals surface area contributed by atoms with Crippen molar-refractivity contribution in [1.29, 1.82) is 0 Å². The van der Waals surface area contributed by atoms with Crippen molar-refractivity contribution >= 4 is 16.1 Å². The maximum Gasteiger partial charge on any atom is 0.306 e. The van der Waals surface area contributed by atoms with Crippen molar-refractivity contribution in [3.8, 4) is 0 Å². The Morgan fingerprint density at radius 3 is 2.38 bits per heavy atom. The van der Waals surface area contributed by atoms with Gasteiger partial charge in [0.05, 0.1) is 22.8 Å². The third-order valence-electron chi connectivity index (χ3n) is 5.94. The molecular formula is C23H35N3O5S. The lowest BCUT2D eigenvalue weighted by Gasteiger charge is -2.26. The Hall–Kier alpha value is -2.23. The molecule has 0 spiro atoms. The van der Waals surface area contributed by atoms with Gasteiger partial charge in [-0.1, -0.05) is 24.6 Å². The molecule has 8 nitrogen and oxygen atoms in total. The van der Waals surface area contributed by atoms with Crippen molar-refractivity contribution in [2.75, 3.05) is 6.54 Å². The zero-order valence-electron chi connectivity index (χ0n) is 18.9. The van der Waals surface area contributed by atoms with Gasteiger partial charge in [0.25, 0.3) is 10.1 Å². The van der Waals surface area contributed by atoms with Crippen molar-refractivity contribution in [2.24, 2.45) is 17.6 Å². The van der Waals surface area contributed by atoms with Gasteiger partial charge in [-0.15, -0.1) is 0 Å². The number of carboxylic acids is 1. The molecule has 3 rings (SSSR count). The molecule has 178 valence electrons. The summed E-state index contributed by atoms with van der Waals surface area (Å²) in [5.74, 6) is -0.287. The van der Waals surface area contributed by atoms with Crippen LogP contribution in [0.1, 0.15) is 62.7 Å². The van der Waals surface area contributed by atoms with Gasteiger partial charge in [0.15, 0.2) is 0 Å². The van der Waals surface area contributed by atoms with Crippen LogP contribution >= 0.6 is 0 Å². The summed E-state index contributed by atoms with van der Waals surface area (Å²) in [7, 11) is -4.02. The summed E-state index contributed by atoms with van der Waals surface area (Å²) in [6.45, 7) is 4.69. The van der Waals surface area contributed by atoms with Gasteiger partial charge >= 0.3 is 5.97 Å². The van der Waals surface area contributed by atoms with E-state index in [2.05, 4.69) is 16.5 Å². The van der Waals surface area contributed by atoms with Gasteiger partial charge in [-0.3, -0.25) is 9.35 Å². The van der Waals surface area contributed by atoms with Gasteiger partial charge in [-0.25, -0.2) is 4.98 Å². The average Bonchev–Trinajstić information content (AvgIpc) is 3.20. The minimum absolute atomic E-state index is 0.0666. The van der Waals surface area contributed by atoms with Crippen LogP contribution in [0.15, 0.2) is 41.7 Å². The number of carboxylic acid groups (broad SMARTS) is 1. The molecule has 1 aromatic carbocycles. The molecule has 1 aliphatic carbocycles. The summed E-state index contributed by atoms with van der Waals surface area (Å²) >= 11 is 0. The number of rotatable bonds is 8. The topological polar surface area (TPSA) is 136 Å². The number of benzene rings is 1. The molecule has 4 N–H and O–H groups in total. The van der Waals surface area contributed by atoms with Crippen LogP contribution in [0.2, 0.25) is 0 Å². The molecule has 0 radical (unpaired) electrons. The summed E-state index contributed by atoms with van der Waals surface area (Å²) in [5, 5.41) is 9.27. The first-order valence-corrected chi connectivity index (χ1v) is 12.5. The average molecular weight is 466 g/mol. The molecule has 1 heterocycles. The Balaban J connectivity index is 0.000000278. The van der Waals surface area contributed by atoms with E-state index in [-0.39, 0.29) is 10.8 Å². The number of nitrogens with two attached hydrogens (primary N) is 1. The first-order chi connectivity index (χ1) is 15.1. The van der Waals surface area contributed by atoms with E-state index in [1.165, 1.54) is 37.8 Å². The van der Waals surface area contributed by atoms with Crippen molar-refractivity contribution in [3.63, 3.8) is 0 Å². The third-order valence-corrected chi connectivity index (χ3v) is 6.81. The van der Waals surface area contributed by atoms with Crippen LogP contribution < -0.4 is 5.73 Å². The molecule has 1 saturated carbocycles. The number of aryl methyl sites for hydroxylation is 1. The summed E-state index contributed by atoms with van der Waals surface area (Å²) in [5.41, 5.74) is 7.31. The lowest BCUT2D eigenvalue weighted by atomic mass is 9.87. The molecule has 0 saturated heterocycles. The van der Waals surface area contributed by atoms with E-state index in [0.717, 1.165) is 23.6 Å². The zero-order chi connectivity index (χ0) is 23.7. The quantitative estimate of drug-likeness (QED) is 0.504. The molecule has 9 heteroatoms. The fourth-order valence-electron chi connectivity index (χ4n) is 3.87. The highest BCUT2D eigenvalue weighted by atomic mass is 32.2. The van der Waals surface area contributed by atoms with Crippen LogP contribution in [0.5, 0.6) is 0 Å². The molecular weight excluding hydrogens is 430 g/mol. The maximum atomic E-state index is 11.3. The fraction of sp³-hybridized carbons (Fsp3) is 0.565. The van der Waals surface area contributed by atoms with Crippen LogP contribution in [0.4, 0.5) is 0 Å². The molecule has 1 aliphatic rings. The Kier molecular flexibility index (Phi) is 9.86. The molecule has 32 heavy (non-hydrogen) atoms. The maximum absolute atomic E-state index is 11.3. The highest BCUT2D eigenvalue weighted by Crippen LogP contribution is 2.31. The second-order valence-electron chi connectivity index (χ2n) is 8.68. The molecule has 0 amide bonds. The number of aromatic nitrogens is 2. The largest absolute Gasteiger partial charge is 0.481 e. The third kappa shape index (κ3) is 8.37. The van der Waals surface area contributed by atoms with Crippen LogP contribution in [0, 0.1) is 18.8 Å². The van der Waals surface area contributed by atoms with Gasteiger partial charge in [0.1, 0.15) is 0 Å². The zero-order valence-corrected chi connectivity index (χ0v) is 19.7. The Morgan fingerprint density at radius 2 is 1.84 bits per heavy atom. The smallest absolute Gasteiger partial charge is 0.306 e. The number of aliphatic carboxylic acids is 1. The van der Waals surface area contributed by atoms with Crippen LogP contribution in [-0.4, -0.2) is 40.1 Å². The molecule has 0 aliphatic heterocycles. The second-order valence-corrected chi connectivity index (χ2v) is 10.1. The predicted octanol–water partition coefficient (Wildman–Crippen LogP) is 3.86. The van der Waals surface area contributed by atoms with Gasteiger partial charge < -0.3 is 15.4 Å². The highest BCUT2D eigenvalue weighted by molar-refractivity contribution is 7.85. The van der Waals surface area contributed by atoms with Crippen molar-refractivity contribution < 1.29 is 22.9 Å². The van der Waals surface area contributed by atoms with Gasteiger partial charge in [-0.2, -0.15) is 8.42 Å². The molecule has 0 bridgehead atoms. The van der Waals surface area contributed by atoms with Gasteiger partial charge in [0.2, 0.25) is 0 Å². The summed E-state index contributed by atoms with van der Waals surface area (Å²) < 4.78 is 31.7. The monoisotopic (exact) mass is 465 g/mol. The summed E-state index contributed by atoms with van der Waals surface area (Å²) in [6, 6.07) is 6.52. The number of nitrogens with zero attached hydrogens (tertiary/aromatic N) is 2. The first-order valence-electron chi connectivity index (χ1n) is 11.1. The van der Waals surface area contributed by atoms with E-state index in [0.29, 0.717) is 25.4 Å².